The van der Waals surface area contributed by atoms with Crippen molar-refractivity contribution in [1.29, 1.82) is 5.26 Å². The van der Waals surface area contributed by atoms with Crippen LogP contribution in [-0.2, 0) is 0 Å². The minimum absolute atomic E-state index is 0.197. The molecule has 6 nitrogen and oxygen atoms in total. The van der Waals surface area contributed by atoms with Crippen molar-refractivity contribution in [3.63, 3.8) is 0 Å². The Morgan fingerprint density at radius 2 is 2.05 bits per heavy atom. The maximum Gasteiger partial charge on any atom is 0.252 e. The monoisotopic (exact) mass is 269 g/mol. The predicted octanol–water partition coefficient (Wildman–Crippen LogP) is 2.37. The summed E-state index contributed by atoms with van der Waals surface area (Å²) < 4.78 is 5.23. The molecular weight excluding hydrogens is 254 g/mol. The normalized spacial score (nSPS) is 10.5. The van der Waals surface area contributed by atoms with Gasteiger partial charge in [0, 0.05) is 26.7 Å². The summed E-state index contributed by atoms with van der Waals surface area (Å²) >= 11 is 0. The van der Waals surface area contributed by atoms with Gasteiger partial charge >= 0.3 is 0 Å². The zero-order valence-corrected chi connectivity index (χ0v) is 11.6. The second kappa shape index (κ2) is 5.89. The average molecular weight is 269 g/mol. The molecule has 2 rings (SSSR count). The number of aromatic nitrogens is 1. The number of hydrazone groups is 1. The largest absolute Gasteiger partial charge is 0.422 e. The second-order valence-electron chi connectivity index (χ2n) is 4.38. The van der Waals surface area contributed by atoms with E-state index in [2.05, 4.69) is 15.5 Å². The first-order chi connectivity index (χ1) is 9.60. The summed E-state index contributed by atoms with van der Waals surface area (Å²) in [4.78, 5) is 5.94. The number of nitriles is 1. The Morgan fingerprint density at radius 3 is 2.65 bits per heavy atom. The SMILES string of the molecule is Cc1nc(C#N)c(NN=Cc2ccc(N(C)C)cc2)o1. The molecule has 0 spiro atoms. The maximum atomic E-state index is 8.86. The highest BCUT2D eigenvalue weighted by molar-refractivity contribution is 5.80. The first kappa shape index (κ1) is 13.6. The molecular formula is C14H15N5O. The Morgan fingerprint density at radius 1 is 1.35 bits per heavy atom. The van der Waals surface area contributed by atoms with Gasteiger partial charge in [0.25, 0.3) is 5.88 Å². The minimum Gasteiger partial charge on any atom is -0.422 e. The molecule has 0 amide bonds. The molecule has 1 aromatic heterocycles. The van der Waals surface area contributed by atoms with E-state index in [1.807, 2.05) is 49.3 Å². The molecule has 0 radical (unpaired) electrons. The molecule has 0 bridgehead atoms. The summed E-state index contributed by atoms with van der Waals surface area (Å²) in [5.41, 5.74) is 4.94. The van der Waals surface area contributed by atoms with E-state index in [1.54, 1.807) is 13.1 Å². The van der Waals surface area contributed by atoms with E-state index in [1.165, 1.54) is 0 Å². The number of nitrogens with zero attached hydrogens (tertiary/aromatic N) is 4. The van der Waals surface area contributed by atoms with Crippen LogP contribution in [0.1, 0.15) is 17.1 Å². The number of aryl methyl sites for hydroxylation is 1. The quantitative estimate of drug-likeness (QED) is 0.681. The highest BCUT2D eigenvalue weighted by atomic mass is 16.4. The third-order valence-corrected chi connectivity index (χ3v) is 2.63. The molecule has 0 aliphatic heterocycles. The Balaban J connectivity index is 2.04. The average Bonchev–Trinajstić information content (AvgIpc) is 2.79. The fraction of sp³-hybridized carbons (Fsp3) is 0.214. The Kier molecular flexibility index (Phi) is 4.01. The number of oxazole rings is 1. The Hall–Kier alpha value is -2.81. The lowest BCUT2D eigenvalue weighted by Crippen LogP contribution is -2.08. The summed E-state index contributed by atoms with van der Waals surface area (Å²) in [5, 5.41) is 12.9. The molecule has 0 atom stereocenters. The van der Waals surface area contributed by atoms with E-state index < -0.39 is 0 Å². The lowest BCUT2D eigenvalue weighted by Gasteiger charge is -2.11. The van der Waals surface area contributed by atoms with Crippen LogP contribution >= 0.6 is 0 Å². The van der Waals surface area contributed by atoms with Crippen LogP contribution in [0.2, 0.25) is 0 Å². The van der Waals surface area contributed by atoms with Gasteiger partial charge in [0.15, 0.2) is 5.89 Å². The van der Waals surface area contributed by atoms with Gasteiger partial charge in [-0.3, -0.25) is 0 Å². The molecule has 20 heavy (non-hydrogen) atoms. The van der Waals surface area contributed by atoms with Gasteiger partial charge in [-0.15, -0.1) is 0 Å². The van der Waals surface area contributed by atoms with Crippen molar-refractivity contribution >= 4 is 17.8 Å². The van der Waals surface area contributed by atoms with Crippen molar-refractivity contribution in [2.45, 2.75) is 6.92 Å². The molecule has 2 aromatic rings. The van der Waals surface area contributed by atoms with Gasteiger partial charge in [0.1, 0.15) is 6.07 Å². The Bertz CT molecular complexity index is 649. The number of hydrogen-bond donors (Lipinski definition) is 1. The molecule has 0 saturated carbocycles. The Labute approximate surface area is 117 Å². The number of nitrogens with one attached hydrogen (secondary N) is 1. The van der Waals surface area contributed by atoms with Crippen molar-refractivity contribution in [2.24, 2.45) is 5.10 Å². The third-order valence-electron chi connectivity index (χ3n) is 2.63. The fourth-order valence-electron chi connectivity index (χ4n) is 1.60. The summed E-state index contributed by atoms with van der Waals surface area (Å²) in [6.07, 6.45) is 1.65. The topological polar surface area (TPSA) is 77.5 Å². The highest BCUT2D eigenvalue weighted by Crippen LogP contribution is 2.15. The van der Waals surface area contributed by atoms with Gasteiger partial charge in [0.05, 0.1) is 6.21 Å². The van der Waals surface area contributed by atoms with Crippen LogP contribution in [0.25, 0.3) is 0 Å². The fourth-order valence-corrected chi connectivity index (χ4v) is 1.60. The first-order valence-corrected chi connectivity index (χ1v) is 6.04. The molecule has 6 heteroatoms. The molecule has 102 valence electrons. The minimum atomic E-state index is 0.197. The van der Waals surface area contributed by atoms with E-state index in [9.17, 15) is 0 Å². The lowest BCUT2D eigenvalue weighted by molar-refractivity contribution is 0.533. The summed E-state index contributed by atoms with van der Waals surface area (Å²) in [6, 6.07) is 9.85. The van der Waals surface area contributed by atoms with Crippen molar-refractivity contribution in [1.82, 2.24) is 4.98 Å². The number of hydrogen-bond acceptors (Lipinski definition) is 6. The number of benzene rings is 1. The van der Waals surface area contributed by atoms with Gasteiger partial charge in [0.2, 0.25) is 5.69 Å². The molecule has 0 aliphatic rings. The van der Waals surface area contributed by atoms with E-state index in [0.717, 1.165) is 11.3 Å². The highest BCUT2D eigenvalue weighted by Gasteiger charge is 2.08. The molecule has 1 N–H and O–H groups in total. The van der Waals surface area contributed by atoms with E-state index >= 15 is 0 Å². The van der Waals surface area contributed by atoms with Gasteiger partial charge in [-0.25, -0.2) is 10.4 Å². The maximum absolute atomic E-state index is 8.86. The van der Waals surface area contributed by atoms with Crippen LogP contribution in [0.5, 0.6) is 0 Å². The third kappa shape index (κ3) is 3.14. The van der Waals surface area contributed by atoms with Crippen molar-refractivity contribution in [3.05, 3.63) is 41.4 Å². The molecule has 1 heterocycles. The number of rotatable bonds is 4. The van der Waals surface area contributed by atoms with Gasteiger partial charge < -0.3 is 9.32 Å². The van der Waals surface area contributed by atoms with Gasteiger partial charge in [-0.1, -0.05) is 12.1 Å². The molecule has 0 saturated heterocycles. The lowest BCUT2D eigenvalue weighted by atomic mass is 10.2. The van der Waals surface area contributed by atoms with E-state index in [-0.39, 0.29) is 11.6 Å². The summed E-state index contributed by atoms with van der Waals surface area (Å²) in [7, 11) is 3.97. The van der Waals surface area contributed by atoms with Crippen LogP contribution in [0.15, 0.2) is 33.8 Å². The first-order valence-electron chi connectivity index (χ1n) is 6.04. The molecule has 0 aliphatic carbocycles. The van der Waals surface area contributed by atoms with Gasteiger partial charge in [-0.2, -0.15) is 10.4 Å². The molecule has 0 fully saturated rings. The summed E-state index contributed by atoms with van der Waals surface area (Å²) in [6.45, 7) is 1.68. The van der Waals surface area contributed by atoms with Crippen molar-refractivity contribution < 1.29 is 4.42 Å². The van der Waals surface area contributed by atoms with E-state index in [0.29, 0.717) is 5.89 Å². The van der Waals surface area contributed by atoms with Crippen LogP contribution < -0.4 is 10.3 Å². The zero-order chi connectivity index (χ0) is 14.5. The summed E-state index contributed by atoms with van der Waals surface area (Å²) in [5.74, 6) is 0.681. The smallest absolute Gasteiger partial charge is 0.252 e. The van der Waals surface area contributed by atoms with Crippen LogP contribution in [-0.4, -0.2) is 25.3 Å². The second-order valence-corrected chi connectivity index (χ2v) is 4.38. The standard InChI is InChI=1S/C14H15N5O/c1-10-17-13(8-15)14(20-10)18-16-9-11-4-6-12(7-5-11)19(2)3/h4-7,9,18H,1-3H3. The number of anilines is 2. The van der Waals surface area contributed by atoms with Crippen molar-refractivity contribution in [2.75, 3.05) is 24.4 Å². The zero-order valence-electron chi connectivity index (χ0n) is 11.6. The molecule has 1 aromatic carbocycles. The van der Waals surface area contributed by atoms with Crippen LogP contribution in [0, 0.1) is 18.3 Å². The predicted molar refractivity (Wildman–Crippen MR) is 77.9 cm³/mol. The van der Waals surface area contributed by atoms with Crippen LogP contribution in [0.3, 0.4) is 0 Å². The van der Waals surface area contributed by atoms with Crippen LogP contribution in [0.4, 0.5) is 11.6 Å². The van der Waals surface area contributed by atoms with Gasteiger partial charge in [-0.05, 0) is 17.7 Å². The molecule has 0 unspecified atom stereocenters. The van der Waals surface area contributed by atoms with E-state index in [4.69, 9.17) is 9.68 Å². The van der Waals surface area contributed by atoms with Crippen molar-refractivity contribution in [3.8, 4) is 6.07 Å².